The lowest BCUT2D eigenvalue weighted by molar-refractivity contribution is -0.384. The standard InChI is InChI=1S/C16H12F2N4O2/c1-10-2-4-11(5-3-10)14-8-12(15(9-19-14)22(23)24)13-6-7-21(20-13)16(17)18/h2-9,16H,1H3. The van der Waals surface area contributed by atoms with Crippen molar-refractivity contribution in [2.75, 3.05) is 0 Å². The smallest absolute Gasteiger partial charge is 0.258 e. The molecule has 0 aliphatic heterocycles. The van der Waals surface area contributed by atoms with E-state index in [9.17, 15) is 18.9 Å². The minimum atomic E-state index is -2.81. The number of nitrogens with zero attached hydrogens (tertiary/aromatic N) is 4. The van der Waals surface area contributed by atoms with Crippen LogP contribution in [0.5, 0.6) is 0 Å². The molecule has 2 aromatic heterocycles. The van der Waals surface area contributed by atoms with Crippen molar-refractivity contribution >= 4 is 5.69 Å². The molecule has 3 aromatic rings. The number of rotatable bonds is 4. The molecule has 0 aliphatic rings. The third-order valence-corrected chi connectivity index (χ3v) is 3.51. The molecule has 0 aliphatic carbocycles. The van der Waals surface area contributed by atoms with Crippen molar-refractivity contribution in [2.24, 2.45) is 0 Å². The van der Waals surface area contributed by atoms with Gasteiger partial charge in [0, 0.05) is 11.8 Å². The van der Waals surface area contributed by atoms with Crippen molar-refractivity contribution in [3.8, 4) is 22.5 Å². The van der Waals surface area contributed by atoms with Crippen molar-refractivity contribution in [1.29, 1.82) is 0 Å². The van der Waals surface area contributed by atoms with Crippen molar-refractivity contribution < 1.29 is 13.7 Å². The molecule has 3 rings (SSSR count). The molecule has 0 amide bonds. The summed E-state index contributed by atoms with van der Waals surface area (Å²) in [5.41, 5.74) is 2.29. The largest absolute Gasteiger partial charge is 0.333 e. The van der Waals surface area contributed by atoms with Crippen LogP contribution in [0.2, 0.25) is 0 Å². The molecule has 24 heavy (non-hydrogen) atoms. The van der Waals surface area contributed by atoms with Gasteiger partial charge in [-0.15, -0.1) is 0 Å². The zero-order valence-corrected chi connectivity index (χ0v) is 12.6. The van der Waals surface area contributed by atoms with E-state index < -0.39 is 11.5 Å². The maximum absolute atomic E-state index is 12.7. The van der Waals surface area contributed by atoms with Gasteiger partial charge in [-0.3, -0.25) is 10.1 Å². The van der Waals surface area contributed by atoms with Crippen LogP contribution in [0.25, 0.3) is 22.5 Å². The highest BCUT2D eigenvalue weighted by atomic mass is 19.3. The number of nitro groups is 1. The number of aryl methyl sites for hydroxylation is 1. The maximum Gasteiger partial charge on any atom is 0.333 e. The third kappa shape index (κ3) is 2.98. The molecule has 0 spiro atoms. The van der Waals surface area contributed by atoms with Crippen LogP contribution in [0.4, 0.5) is 14.5 Å². The Balaban J connectivity index is 2.12. The highest BCUT2D eigenvalue weighted by molar-refractivity contribution is 5.75. The van der Waals surface area contributed by atoms with E-state index in [2.05, 4.69) is 10.1 Å². The number of pyridine rings is 1. The van der Waals surface area contributed by atoms with Gasteiger partial charge in [-0.05, 0) is 19.1 Å². The Hall–Kier alpha value is -3.16. The number of halogens is 2. The molecule has 2 heterocycles. The predicted molar refractivity (Wildman–Crippen MR) is 83.5 cm³/mol. The monoisotopic (exact) mass is 330 g/mol. The lowest BCUT2D eigenvalue weighted by Gasteiger charge is -2.05. The highest BCUT2D eigenvalue weighted by Crippen LogP contribution is 2.32. The summed E-state index contributed by atoms with van der Waals surface area (Å²) < 4.78 is 25.8. The van der Waals surface area contributed by atoms with Crippen LogP contribution < -0.4 is 0 Å². The van der Waals surface area contributed by atoms with Gasteiger partial charge in [0.15, 0.2) is 0 Å². The molecule has 0 fully saturated rings. The van der Waals surface area contributed by atoms with Gasteiger partial charge in [0.05, 0.1) is 21.9 Å². The summed E-state index contributed by atoms with van der Waals surface area (Å²) in [6.45, 7) is -0.869. The van der Waals surface area contributed by atoms with E-state index in [-0.39, 0.29) is 16.9 Å². The van der Waals surface area contributed by atoms with Gasteiger partial charge in [0.1, 0.15) is 6.20 Å². The number of benzene rings is 1. The van der Waals surface area contributed by atoms with E-state index in [1.807, 2.05) is 31.2 Å². The van der Waals surface area contributed by atoms with E-state index >= 15 is 0 Å². The molecule has 0 bridgehead atoms. The summed E-state index contributed by atoms with van der Waals surface area (Å²) in [5, 5.41) is 14.9. The molecule has 0 N–H and O–H groups in total. The van der Waals surface area contributed by atoms with Gasteiger partial charge >= 0.3 is 6.55 Å². The quantitative estimate of drug-likeness (QED) is 0.530. The molecule has 0 unspecified atom stereocenters. The van der Waals surface area contributed by atoms with Crippen LogP contribution in [0.15, 0.2) is 48.8 Å². The normalized spacial score (nSPS) is 11.0. The summed E-state index contributed by atoms with van der Waals surface area (Å²) in [6, 6.07) is 10.3. The summed E-state index contributed by atoms with van der Waals surface area (Å²) in [6.07, 6.45) is 2.20. The van der Waals surface area contributed by atoms with Gasteiger partial charge in [-0.1, -0.05) is 29.8 Å². The molecule has 0 saturated heterocycles. The van der Waals surface area contributed by atoms with E-state index in [0.29, 0.717) is 10.4 Å². The minimum Gasteiger partial charge on any atom is -0.258 e. The highest BCUT2D eigenvalue weighted by Gasteiger charge is 2.20. The number of aromatic nitrogens is 3. The van der Waals surface area contributed by atoms with Crippen LogP contribution in [-0.2, 0) is 0 Å². The molecule has 1 aromatic carbocycles. The van der Waals surface area contributed by atoms with Crippen LogP contribution >= 0.6 is 0 Å². The first-order chi connectivity index (χ1) is 11.5. The van der Waals surface area contributed by atoms with E-state index in [1.54, 1.807) is 0 Å². The van der Waals surface area contributed by atoms with Gasteiger partial charge in [0.25, 0.3) is 5.69 Å². The lowest BCUT2D eigenvalue weighted by Crippen LogP contribution is -1.99. The molecular formula is C16H12F2N4O2. The number of alkyl halides is 2. The average Bonchev–Trinajstić information content (AvgIpc) is 3.05. The van der Waals surface area contributed by atoms with Crippen LogP contribution in [-0.4, -0.2) is 19.7 Å². The minimum absolute atomic E-state index is 0.0951. The molecule has 8 heteroatoms. The maximum atomic E-state index is 12.7. The van der Waals surface area contributed by atoms with E-state index in [1.165, 1.54) is 12.1 Å². The van der Waals surface area contributed by atoms with Gasteiger partial charge in [-0.25, -0.2) is 9.67 Å². The van der Waals surface area contributed by atoms with Crippen molar-refractivity contribution in [1.82, 2.24) is 14.8 Å². The summed E-state index contributed by atoms with van der Waals surface area (Å²) >= 11 is 0. The second-order valence-corrected chi connectivity index (χ2v) is 5.17. The van der Waals surface area contributed by atoms with E-state index in [4.69, 9.17) is 0 Å². The van der Waals surface area contributed by atoms with Gasteiger partial charge in [-0.2, -0.15) is 13.9 Å². The Bertz CT molecular complexity index is 891. The zero-order chi connectivity index (χ0) is 17.3. The number of hydrogen-bond donors (Lipinski definition) is 0. The first-order valence-electron chi connectivity index (χ1n) is 7.01. The first-order valence-corrected chi connectivity index (χ1v) is 7.01. The van der Waals surface area contributed by atoms with Crippen LogP contribution in [0, 0.1) is 17.0 Å². The third-order valence-electron chi connectivity index (χ3n) is 3.51. The molecule has 122 valence electrons. The Labute approximate surface area is 135 Å². The first kappa shape index (κ1) is 15.7. The Kier molecular flexibility index (Phi) is 4.03. The molecule has 0 atom stereocenters. The fourth-order valence-corrected chi connectivity index (χ4v) is 2.27. The summed E-state index contributed by atoms with van der Waals surface area (Å²) in [7, 11) is 0. The van der Waals surface area contributed by atoms with Gasteiger partial charge < -0.3 is 0 Å². The van der Waals surface area contributed by atoms with Crippen LogP contribution in [0.3, 0.4) is 0 Å². The SMILES string of the molecule is Cc1ccc(-c2cc(-c3ccn(C(F)F)n3)c([N+](=O)[O-])cn2)cc1. The van der Waals surface area contributed by atoms with Crippen molar-refractivity contribution in [3.05, 3.63) is 64.5 Å². The Morgan fingerprint density at radius 3 is 2.46 bits per heavy atom. The molecule has 0 radical (unpaired) electrons. The second kappa shape index (κ2) is 6.15. The molecule has 0 saturated carbocycles. The van der Waals surface area contributed by atoms with Gasteiger partial charge in [0.2, 0.25) is 0 Å². The van der Waals surface area contributed by atoms with Crippen LogP contribution in [0.1, 0.15) is 12.1 Å². The Morgan fingerprint density at radius 2 is 1.88 bits per heavy atom. The summed E-state index contributed by atoms with van der Waals surface area (Å²) in [5.74, 6) is 0. The fourth-order valence-electron chi connectivity index (χ4n) is 2.27. The number of hydrogen-bond acceptors (Lipinski definition) is 4. The van der Waals surface area contributed by atoms with Crippen molar-refractivity contribution in [2.45, 2.75) is 13.5 Å². The average molecular weight is 330 g/mol. The fraction of sp³-hybridized carbons (Fsp3) is 0.125. The Morgan fingerprint density at radius 1 is 1.17 bits per heavy atom. The summed E-state index contributed by atoms with van der Waals surface area (Å²) in [4.78, 5) is 14.7. The second-order valence-electron chi connectivity index (χ2n) is 5.17. The predicted octanol–water partition coefficient (Wildman–Crippen LogP) is 4.22. The molecule has 6 nitrogen and oxygen atoms in total. The van der Waals surface area contributed by atoms with E-state index in [0.717, 1.165) is 23.5 Å². The molecular weight excluding hydrogens is 318 g/mol. The zero-order valence-electron chi connectivity index (χ0n) is 12.6. The lowest BCUT2D eigenvalue weighted by atomic mass is 10.1. The van der Waals surface area contributed by atoms with Crippen molar-refractivity contribution in [3.63, 3.8) is 0 Å². The topological polar surface area (TPSA) is 73.8 Å².